The van der Waals surface area contributed by atoms with E-state index in [9.17, 15) is 9.59 Å². The van der Waals surface area contributed by atoms with Crippen molar-refractivity contribution in [2.45, 2.75) is 0 Å². The van der Waals surface area contributed by atoms with E-state index in [1.807, 2.05) is 54.6 Å². The van der Waals surface area contributed by atoms with E-state index in [0.29, 0.717) is 11.7 Å². The Morgan fingerprint density at radius 2 is 1.06 bits per heavy atom. The molecule has 0 radical (unpaired) electrons. The van der Waals surface area contributed by atoms with Gasteiger partial charge in [-0.2, -0.15) is 0 Å². The van der Waals surface area contributed by atoms with E-state index in [4.69, 9.17) is 4.74 Å². The van der Waals surface area contributed by atoms with Crippen LogP contribution in [0.3, 0.4) is 0 Å². The van der Waals surface area contributed by atoms with Gasteiger partial charge in [0, 0.05) is 17.7 Å². The van der Waals surface area contributed by atoms with Crippen molar-refractivity contribution in [1.29, 1.82) is 0 Å². The first-order valence-electron chi connectivity index (χ1n) is 9.75. The smallest absolute Gasteiger partial charge is 0.221 e. The van der Waals surface area contributed by atoms with Gasteiger partial charge in [0.05, 0.1) is 7.11 Å². The molecule has 3 nitrogen and oxygen atoms in total. The summed E-state index contributed by atoms with van der Waals surface area (Å²) in [7, 11) is -0.817. The van der Waals surface area contributed by atoms with Crippen LogP contribution in [0.15, 0.2) is 114 Å². The maximum atomic E-state index is 12.9. The van der Waals surface area contributed by atoms with Gasteiger partial charge in [-0.05, 0) is 36.4 Å². The summed E-state index contributed by atoms with van der Waals surface area (Å²) in [6.45, 7) is 0. The van der Waals surface area contributed by atoms with Crippen molar-refractivity contribution in [2.24, 2.45) is 0 Å². The molecule has 156 valence electrons. The molecule has 0 saturated heterocycles. The third-order valence-corrected chi connectivity index (χ3v) is 9.70. The lowest BCUT2D eigenvalue weighted by Crippen LogP contribution is -3.00. The third-order valence-electron chi connectivity index (χ3n) is 5.35. The normalized spacial score (nSPS) is 13.7. The predicted octanol–water partition coefficient (Wildman–Crippen LogP) is 0.593. The fraction of sp³-hybridized carbons (Fsp3) is 0.0769. The molecule has 1 aliphatic rings. The van der Waals surface area contributed by atoms with Crippen LogP contribution in [0.1, 0.15) is 0 Å². The number of carbonyl (C=O) groups excluding carboxylic acids is 2. The van der Waals surface area contributed by atoms with Gasteiger partial charge in [0.1, 0.15) is 29.3 Å². The summed E-state index contributed by atoms with van der Waals surface area (Å²) in [5, 5.41) is 3.51. The van der Waals surface area contributed by atoms with Crippen LogP contribution in [0, 0.1) is 0 Å². The molecule has 0 atom stereocenters. The lowest BCUT2D eigenvalue weighted by Gasteiger charge is -2.28. The highest BCUT2D eigenvalue weighted by Crippen LogP contribution is 2.56. The Morgan fingerprint density at radius 1 is 0.645 bits per heavy atom. The Balaban J connectivity index is 0.00000272. The van der Waals surface area contributed by atoms with Crippen LogP contribution in [-0.4, -0.2) is 24.8 Å². The molecule has 5 heteroatoms. The number of halogens is 1. The second kappa shape index (κ2) is 9.87. The van der Waals surface area contributed by atoms with E-state index in [0.717, 1.165) is 0 Å². The van der Waals surface area contributed by atoms with Crippen molar-refractivity contribution in [2.75, 3.05) is 13.3 Å². The minimum atomic E-state index is -2.23. The number of hydrogen-bond donors (Lipinski definition) is 0. The average molecular weight is 449 g/mol. The number of ether oxygens (including phenoxy) is 1. The molecule has 0 aliphatic heterocycles. The molecule has 0 unspecified atom stereocenters. The van der Waals surface area contributed by atoms with Gasteiger partial charge in [0.15, 0.2) is 11.5 Å². The highest BCUT2D eigenvalue weighted by molar-refractivity contribution is 7.95. The molecule has 0 heterocycles. The number of ketones is 2. The second-order valence-electron chi connectivity index (χ2n) is 7.09. The van der Waals surface area contributed by atoms with E-state index in [-0.39, 0.29) is 29.7 Å². The van der Waals surface area contributed by atoms with Crippen molar-refractivity contribution < 1.29 is 26.7 Å². The van der Waals surface area contributed by atoms with Crippen LogP contribution in [-0.2, 0) is 14.3 Å². The van der Waals surface area contributed by atoms with Gasteiger partial charge >= 0.3 is 0 Å². The SMILES string of the molecule is COC1=CC(=O)C(C[P+](c2ccccc2)(c2ccccc2)c2ccccc2)=CC1=O.[Cl-]. The van der Waals surface area contributed by atoms with E-state index < -0.39 is 7.26 Å². The first-order chi connectivity index (χ1) is 14.6. The van der Waals surface area contributed by atoms with Crippen molar-refractivity contribution in [3.63, 3.8) is 0 Å². The predicted molar refractivity (Wildman–Crippen MR) is 123 cm³/mol. The molecule has 0 aromatic heterocycles. The van der Waals surface area contributed by atoms with Crippen LogP contribution < -0.4 is 28.3 Å². The Bertz CT molecular complexity index is 1030. The van der Waals surface area contributed by atoms with E-state index >= 15 is 0 Å². The van der Waals surface area contributed by atoms with Gasteiger partial charge in [-0.15, -0.1) is 0 Å². The van der Waals surface area contributed by atoms with Gasteiger partial charge in [-0.1, -0.05) is 54.6 Å². The van der Waals surface area contributed by atoms with Crippen LogP contribution in [0.5, 0.6) is 0 Å². The minimum absolute atomic E-state index is 0. The number of hydrogen-bond acceptors (Lipinski definition) is 3. The summed E-state index contributed by atoms with van der Waals surface area (Å²) in [5.41, 5.74) is 0.519. The Kier molecular flexibility index (Phi) is 7.22. The highest BCUT2D eigenvalue weighted by atomic mass is 35.5. The first-order valence-corrected chi connectivity index (χ1v) is 11.7. The maximum absolute atomic E-state index is 12.9. The van der Waals surface area contributed by atoms with E-state index in [2.05, 4.69) is 36.4 Å². The summed E-state index contributed by atoms with van der Waals surface area (Å²) in [6.07, 6.45) is 3.24. The number of benzene rings is 3. The summed E-state index contributed by atoms with van der Waals surface area (Å²) in [6, 6.07) is 30.9. The molecule has 0 fully saturated rings. The van der Waals surface area contributed by atoms with E-state index in [1.165, 1.54) is 35.2 Å². The molecular weight excluding hydrogens is 427 g/mol. The molecule has 1 aliphatic carbocycles. The molecule has 3 aromatic rings. The third kappa shape index (κ3) is 4.39. The van der Waals surface area contributed by atoms with Gasteiger partial charge in [-0.25, -0.2) is 0 Å². The van der Waals surface area contributed by atoms with Crippen molar-refractivity contribution >= 4 is 34.7 Å². The molecule has 0 bridgehead atoms. The largest absolute Gasteiger partial charge is 1.00 e. The molecule has 0 amide bonds. The topological polar surface area (TPSA) is 43.4 Å². The zero-order valence-electron chi connectivity index (χ0n) is 17.1. The van der Waals surface area contributed by atoms with Gasteiger partial charge in [0.2, 0.25) is 5.78 Å². The lowest BCUT2D eigenvalue weighted by molar-refractivity contribution is -0.117. The second-order valence-corrected chi connectivity index (χ2v) is 10.6. The van der Waals surface area contributed by atoms with Crippen molar-refractivity contribution in [3.05, 3.63) is 114 Å². The van der Waals surface area contributed by atoms with Crippen LogP contribution in [0.2, 0.25) is 0 Å². The summed E-state index contributed by atoms with van der Waals surface area (Å²) < 4.78 is 5.06. The monoisotopic (exact) mass is 448 g/mol. The lowest BCUT2D eigenvalue weighted by atomic mass is 10.0. The zero-order valence-corrected chi connectivity index (χ0v) is 18.7. The number of carbonyl (C=O) groups is 2. The Morgan fingerprint density at radius 3 is 1.45 bits per heavy atom. The number of rotatable bonds is 6. The maximum Gasteiger partial charge on any atom is 0.221 e. The molecule has 4 rings (SSSR count). The number of methoxy groups -OCH3 is 1. The van der Waals surface area contributed by atoms with Crippen LogP contribution >= 0.6 is 7.26 Å². The molecule has 0 saturated carbocycles. The average Bonchev–Trinajstić information content (AvgIpc) is 2.81. The minimum Gasteiger partial charge on any atom is -1.00 e. The fourth-order valence-electron chi connectivity index (χ4n) is 3.89. The molecule has 3 aromatic carbocycles. The standard InChI is InChI=1S/C26H22O3P.ClH/c1-29-26-18-24(27)20(17-25(26)28)19-30(21-11-5-2-6-12-21,22-13-7-3-8-14-22)23-15-9-4-10-16-23;/h2-18H,19H2,1H3;1H/q+1;/p-1. The Hall–Kier alpha value is -3.00. The summed E-state index contributed by atoms with van der Waals surface area (Å²) >= 11 is 0. The highest BCUT2D eigenvalue weighted by Gasteiger charge is 2.47. The molecular formula is C26H22ClO3P. The van der Waals surface area contributed by atoms with E-state index in [1.54, 1.807) is 0 Å². The first kappa shape index (κ1) is 22.7. The fourth-order valence-corrected chi connectivity index (χ4v) is 8.13. The van der Waals surface area contributed by atoms with Crippen LogP contribution in [0.25, 0.3) is 0 Å². The van der Waals surface area contributed by atoms with Crippen molar-refractivity contribution in [1.82, 2.24) is 0 Å². The van der Waals surface area contributed by atoms with Crippen LogP contribution in [0.4, 0.5) is 0 Å². The Labute approximate surface area is 189 Å². The van der Waals surface area contributed by atoms with Gasteiger partial charge < -0.3 is 17.1 Å². The molecule has 31 heavy (non-hydrogen) atoms. The van der Waals surface area contributed by atoms with Gasteiger partial charge in [0.25, 0.3) is 0 Å². The summed E-state index contributed by atoms with van der Waals surface area (Å²) in [5.74, 6) is -0.343. The molecule has 0 N–H and O–H groups in total. The number of allylic oxidation sites excluding steroid dienone is 3. The molecule has 0 spiro atoms. The zero-order chi connectivity index (χ0) is 21.0. The van der Waals surface area contributed by atoms with Gasteiger partial charge in [-0.3, -0.25) is 9.59 Å². The quantitative estimate of drug-likeness (QED) is 0.409. The van der Waals surface area contributed by atoms with Crippen molar-refractivity contribution in [3.8, 4) is 0 Å². The summed E-state index contributed by atoms with van der Waals surface area (Å²) in [4.78, 5) is 25.4.